The van der Waals surface area contributed by atoms with Crippen LogP contribution in [0, 0.1) is 0 Å². The summed E-state index contributed by atoms with van der Waals surface area (Å²) >= 11 is 0. The lowest BCUT2D eigenvalue weighted by Crippen LogP contribution is -2.10. The van der Waals surface area contributed by atoms with Crippen molar-refractivity contribution < 1.29 is 13.0 Å². The van der Waals surface area contributed by atoms with E-state index in [1.54, 1.807) is 18.2 Å². The Kier molecular flexibility index (Phi) is 3.93. The minimum absolute atomic E-state index is 0.332. The molecule has 0 aliphatic carbocycles. The Bertz CT molecular complexity index is 417. The van der Waals surface area contributed by atoms with Gasteiger partial charge in [0.15, 0.2) is 0 Å². The average Bonchev–Trinajstić information content (AvgIpc) is 2.12. The molecule has 0 atom stereocenters. The summed E-state index contributed by atoms with van der Waals surface area (Å²) in [6.45, 7) is 2.85. The van der Waals surface area contributed by atoms with Gasteiger partial charge >= 0.3 is 10.3 Å². The van der Waals surface area contributed by atoms with E-state index in [2.05, 4.69) is 5.32 Å². The zero-order valence-corrected chi connectivity index (χ0v) is 9.21. The zero-order chi connectivity index (χ0) is 11.3. The first kappa shape index (κ1) is 11.8. The predicted octanol–water partition coefficient (Wildman–Crippen LogP) is 1.72. The van der Waals surface area contributed by atoms with Crippen molar-refractivity contribution in [2.75, 3.05) is 16.6 Å². The molecule has 3 N–H and O–H groups in total. The van der Waals surface area contributed by atoms with Crippen LogP contribution in [0.15, 0.2) is 24.3 Å². The second-order valence-electron chi connectivity index (χ2n) is 3.08. The summed E-state index contributed by atoms with van der Waals surface area (Å²) in [5.41, 5.74) is 1.14. The number of hydrogen-bond acceptors (Lipinski definition) is 3. The van der Waals surface area contributed by atoms with Crippen LogP contribution in [0.2, 0.25) is 0 Å². The summed E-state index contributed by atoms with van der Waals surface area (Å²) in [5, 5.41) is 3.10. The fourth-order valence-electron chi connectivity index (χ4n) is 1.11. The minimum atomic E-state index is -4.19. The van der Waals surface area contributed by atoms with E-state index in [9.17, 15) is 8.42 Å². The van der Waals surface area contributed by atoms with Crippen molar-refractivity contribution in [1.82, 2.24) is 0 Å². The highest BCUT2D eigenvalue weighted by molar-refractivity contribution is 7.87. The summed E-state index contributed by atoms with van der Waals surface area (Å²) < 4.78 is 31.7. The fourth-order valence-corrected chi connectivity index (χ4v) is 1.54. The monoisotopic (exact) mass is 230 g/mol. The van der Waals surface area contributed by atoms with E-state index in [0.717, 1.165) is 18.7 Å². The largest absolute Gasteiger partial charge is 0.385 e. The van der Waals surface area contributed by atoms with E-state index >= 15 is 0 Å². The van der Waals surface area contributed by atoms with E-state index < -0.39 is 10.3 Å². The maximum absolute atomic E-state index is 10.6. The van der Waals surface area contributed by atoms with E-state index in [0.29, 0.717) is 5.69 Å². The number of anilines is 2. The van der Waals surface area contributed by atoms with Gasteiger partial charge in [-0.1, -0.05) is 13.0 Å². The summed E-state index contributed by atoms with van der Waals surface area (Å²) in [6, 6.07) is 6.70. The number of rotatable bonds is 5. The number of benzene rings is 1. The molecule has 0 saturated carbocycles. The summed E-state index contributed by atoms with van der Waals surface area (Å²) in [4.78, 5) is 0. The van der Waals surface area contributed by atoms with Crippen molar-refractivity contribution >= 4 is 21.7 Å². The molecule has 5 nitrogen and oxygen atoms in total. The molecule has 15 heavy (non-hydrogen) atoms. The predicted molar refractivity (Wildman–Crippen MR) is 60.4 cm³/mol. The second kappa shape index (κ2) is 4.99. The Morgan fingerprint density at radius 3 is 2.60 bits per heavy atom. The van der Waals surface area contributed by atoms with Crippen molar-refractivity contribution in [2.24, 2.45) is 0 Å². The van der Waals surface area contributed by atoms with Crippen LogP contribution in [0.3, 0.4) is 0 Å². The lowest BCUT2D eigenvalue weighted by atomic mass is 10.3. The SMILES string of the molecule is CCCNc1cccc(NS(=O)(=O)O)c1. The highest BCUT2D eigenvalue weighted by Crippen LogP contribution is 2.15. The van der Waals surface area contributed by atoms with E-state index in [4.69, 9.17) is 4.55 Å². The molecule has 1 aromatic carbocycles. The van der Waals surface area contributed by atoms with Gasteiger partial charge in [0.25, 0.3) is 0 Å². The molecule has 0 heterocycles. The lowest BCUT2D eigenvalue weighted by Gasteiger charge is -2.07. The van der Waals surface area contributed by atoms with Crippen LogP contribution < -0.4 is 10.0 Å². The maximum atomic E-state index is 10.6. The van der Waals surface area contributed by atoms with Gasteiger partial charge in [-0.3, -0.25) is 9.27 Å². The molecule has 0 amide bonds. The quantitative estimate of drug-likeness (QED) is 0.673. The molecule has 0 fully saturated rings. The van der Waals surface area contributed by atoms with Crippen LogP contribution in [0.5, 0.6) is 0 Å². The van der Waals surface area contributed by atoms with Crippen molar-refractivity contribution in [3.8, 4) is 0 Å². The first-order valence-electron chi connectivity index (χ1n) is 4.60. The molecule has 0 unspecified atom stereocenters. The van der Waals surface area contributed by atoms with Gasteiger partial charge in [0.1, 0.15) is 0 Å². The van der Waals surface area contributed by atoms with Gasteiger partial charge in [-0.15, -0.1) is 0 Å². The fraction of sp³-hybridized carbons (Fsp3) is 0.333. The van der Waals surface area contributed by atoms with Crippen molar-refractivity contribution in [3.63, 3.8) is 0 Å². The minimum Gasteiger partial charge on any atom is -0.385 e. The molecule has 0 saturated heterocycles. The van der Waals surface area contributed by atoms with Gasteiger partial charge in [0.2, 0.25) is 0 Å². The van der Waals surface area contributed by atoms with Gasteiger partial charge in [0, 0.05) is 12.2 Å². The molecule has 0 radical (unpaired) electrons. The zero-order valence-electron chi connectivity index (χ0n) is 8.40. The summed E-state index contributed by atoms with van der Waals surface area (Å²) in [7, 11) is -4.19. The molecule has 84 valence electrons. The molecule has 0 aliphatic rings. The molecule has 6 heteroatoms. The third-order valence-electron chi connectivity index (χ3n) is 1.69. The van der Waals surface area contributed by atoms with Crippen molar-refractivity contribution in [2.45, 2.75) is 13.3 Å². The van der Waals surface area contributed by atoms with Gasteiger partial charge in [-0.25, -0.2) is 0 Å². The first-order chi connectivity index (χ1) is 7.01. The standard InChI is InChI=1S/C9H14N2O3S/c1-2-6-10-8-4-3-5-9(7-8)11-15(12,13)14/h3-5,7,10-11H,2,6H2,1H3,(H,12,13,14). The Labute approximate surface area is 89.4 Å². The Morgan fingerprint density at radius 2 is 2.00 bits per heavy atom. The van der Waals surface area contributed by atoms with E-state index in [1.165, 1.54) is 0 Å². The first-order valence-corrected chi connectivity index (χ1v) is 6.04. The highest BCUT2D eigenvalue weighted by Gasteiger charge is 2.03. The molecule has 0 bridgehead atoms. The second-order valence-corrected chi connectivity index (χ2v) is 4.24. The van der Waals surface area contributed by atoms with E-state index in [-0.39, 0.29) is 0 Å². The highest BCUT2D eigenvalue weighted by atomic mass is 32.2. The van der Waals surface area contributed by atoms with Crippen LogP contribution in [0.25, 0.3) is 0 Å². The average molecular weight is 230 g/mol. The third-order valence-corrected chi connectivity index (χ3v) is 2.18. The van der Waals surface area contributed by atoms with Gasteiger partial charge in [-0.05, 0) is 24.6 Å². The Balaban J connectivity index is 2.74. The third kappa shape index (κ3) is 4.66. The van der Waals surface area contributed by atoms with Gasteiger partial charge < -0.3 is 5.32 Å². The van der Waals surface area contributed by atoms with Crippen molar-refractivity contribution in [1.29, 1.82) is 0 Å². The molecule has 1 aromatic rings. The lowest BCUT2D eigenvalue weighted by molar-refractivity contribution is 0.490. The van der Waals surface area contributed by atoms with Gasteiger partial charge in [-0.2, -0.15) is 8.42 Å². The number of hydrogen-bond donors (Lipinski definition) is 3. The topological polar surface area (TPSA) is 78.4 Å². The molecular formula is C9H14N2O3S. The van der Waals surface area contributed by atoms with Crippen LogP contribution in [0.1, 0.15) is 13.3 Å². The summed E-state index contributed by atoms with van der Waals surface area (Å²) in [6.07, 6.45) is 0.982. The van der Waals surface area contributed by atoms with Crippen molar-refractivity contribution in [3.05, 3.63) is 24.3 Å². The van der Waals surface area contributed by atoms with Crippen LogP contribution >= 0.6 is 0 Å². The smallest absolute Gasteiger partial charge is 0.357 e. The Hall–Kier alpha value is -1.27. The summed E-state index contributed by atoms with van der Waals surface area (Å²) in [5.74, 6) is 0. The molecule has 0 aliphatic heterocycles. The molecule has 1 rings (SSSR count). The maximum Gasteiger partial charge on any atom is 0.357 e. The van der Waals surface area contributed by atoms with Crippen LogP contribution in [0.4, 0.5) is 11.4 Å². The van der Waals surface area contributed by atoms with Crippen LogP contribution in [-0.2, 0) is 10.3 Å². The van der Waals surface area contributed by atoms with Gasteiger partial charge in [0.05, 0.1) is 5.69 Å². The molecule has 0 spiro atoms. The Morgan fingerprint density at radius 1 is 1.33 bits per heavy atom. The number of nitrogens with one attached hydrogen (secondary N) is 2. The van der Waals surface area contributed by atoms with E-state index in [1.807, 2.05) is 17.7 Å². The molecule has 0 aromatic heterocycles. The van der Waals surface area contributed by atoms with Crippen LogP contribution in [-0.4, -0.2) is 19.5 Å². The normalized spacial score (nSPS) is 11.1. The molecular weight excluding hydrogens is 216 g/mol.